The first kappa shape index (κ1) is 13.4. The summed E-state index contributed by atoms with van der Waals surface area (Å²) in [6.45, 7) is 2.18. The summed E-state index contributed by atoms with van der Waals surface area (Å²) in [5, 5.41) is 12.3. The second-order valence-corrected chi connectivity index (χ2v) is 4.86. The third kappa shape index (κ3) is 3.27. The van der Waals surface area contributed by atoms with E-state index >= 15 is 0 Å². The van der Waals surface area contributed by atoms with Crippen LogP contribution in [0.2, 0.25) is 0 Å². The van der Waals surface area contributed by atoms with Crippen LogP contribution in [0.25, 0.3) is 0 Å². The van der Waals surface area contributed by atoms with Crippen molar-refractivity contribution in [1.82, 2.24) is 0 Å². The van der Waals surface area contributed by atoms with Gasteiger partial charge in [0, 0.05) is 25.3 Å². The molecule has 1 saturated heterocycles. The zero-order valence-electron chi connectivity index (χ0n) is 10.2. The number of halogens is 2. The second kappa shape index (κ2) is 6.25. The Morgan fingerprint density at radius 3 is 2.72 bits per heavy atom. The molecule has 3 nitrogen and oxygen atoms in total. The van der Waals surface area contributed by atoms with Gasteiger partial charge in [0.1, 0.15) is 5.82 Å². The summed E-state index contributed by atoms with van der Waals surface area (Å²) in [4.78, 5) is 2.06. The summed E-state index contributed by atoms with van der Waals surface area (Å²) >= 11 is 5.49. The largest absolute Gasteiger partial charge is 0.390 e. The van der Waals surface area contributed by atoms with E-state index in [-0.39, 0.29) is 11.7 Å². The van der Waals surface area contributed by atoms with E-state index in [4.69, 9.17) is 11.6 Å². The molecule has 1 aromatic carbocycles. The summed E-state index contributed by atoms with van der Waals surface area (Å²) in [5.41, 5.74) is 1.33. The lowest BCUT2D eigenvalue weighted by Gasteiger charge is -2.19. The van der Waals surface area contributed by atoms with Crippen LogP contribution in [0.4, 0.5) is 15.8 Å². The highest BCUT2D eigenvalue weighted by Gasteiger charge is 2.16. The number of alkyl halides is 1. The molecule has 100 valence electrons. The molecule has 0 spiro atoms. The van der Waals surface area contributed by atoms with Crippen LogP contribution in [0.3, 0.4) is 0 Å². The maximum Gasteiger partial charge on any atom is 0.148 e. The van der Waals surface area contributed by atoms with Crippen LogP contribution in [0.1, 0.15) is 12.8 Å². The van der Waals surface area contributed by atoms with Gasteiger partial charge in [0.05, 0.1) is 17.7 Å². The Morgan fingerprint density at radius 2 is 2.11 bits per heavy atom. The fraction of sp³-hybridized carbons (Fsp3) is 0.538. The van der Waals surface area contributed by atoms with Gasteiger partial charge in [-0.05, 0) is 31.0 Å². The molecule has 0 saturated carbocycles. The van der Waals surface area contributed by atoms with Crippen molar-refractivity contribution in [3.63, 3.8) is 0 Å². The van der Waals surface area contributed by atoms with Crippen molar-refractivity contribution in [3.05, 3.63) is 24.0 Å². The predicted molar refractivity (Wildman–Crippen MR) is 73.1 cm³/mol. The molecular weight excluding hydrogens is 255 g/mol. The summed E-state index contributed by atoms with van der Waals surface area (Å²) in [5.74, 6) is -0.0521. The lowest BCUT2D eigenvalue weighted by molar-refractivity contribution is 0.211. The number of rotatable bonds is 5. The first-order valence-corrected chi connectivity index (χ1v) is 6.76. The number of benzene rings is 1. The van der Waals surface area contributed by atoms with Crippen LogP contribution in [-0.4, -0.2) is 36.7 Å². The fourth-order valence-corrected chi connectivity index (χ4v) is 2.23. The Balaban J connectivity index is 2.00. The minimum Gasteiger partial charge on any atom is -0.390 e. The molecule has 0 amide bonds. The molecule has 1 aliphatic heterocycles. The van der Waals surface area contributed by atoms with Gasteiger partial charge < -0.3 is 15.3 Å². The maximum absolute atomic E-state index is 13.9. The number of anilines is 2. The van der Waals surface area contributed by atoms with Crippen LogP contribution in [0.5, 0.6) is 0 Å². The van der Waals surface area contributed by atoms with Crippen molar-refractivity contribution in [1.29, 1.82) is 0 Å². The summed E-state index contributed by atoms with van der Waals surface area (Å²) in [7, 11) is 0. The Labute approximate surface area is 112 Å². The average molecular weight is 273 g/mol. The molecule has 0 radical (unpaired) electrons. The highest BCUT2D eigenvalue weighted by Crippen LogP contribution is 2.25. The Bertz CT molecular complexity index is 397. The Morgan fingerprint density at radius 1 is 1.39 bits per heavy atom. The number of nitrogens with one attached hydrogen (secondary N) is 1. The number of hydrogen-bond acceptors (Lipinski definition) is 3. The van der Waals surface area contributed by atoms with Crippen molar-refractivity contribution in [2.45, 2.75) is 18.9 Å². The van der Waals surface area contributed by atoms with Gasteiger partial charge in [0.25, 0.3) is 0 Å². The van der Waals surface area contributed by atoms with E-state index in [0.717, 1.165) is 25.9 Å². The summed E-state index contributed by atoms with van der Waals surface area (Å²) in [6.07, 6.45) is 1.64. The normalized spacial score (nSPS) is 16.9. The lowest BCUT2D eigenvalue weighted by Crippen LogP contribution is -2.21. The zero-order valence-corrected chi connectivity index (χ0v) is 11.0. The van der Waals surface area contributed by atoms with Gasteiger partial charge in [0.2, 0.25) is 0 Å². The van der Waals surface area contributed by atoms with Gasteiger partial charge in [-0.1, -0.05) is 0 Å². The standard InChI is InChI=1S/C13H18ClFN2O/c14-8-11(18)9-16-10-3-4-13(12(15)7-10)17-5-1-2-6-17/h3-4,7,11,16,18H,1-2,5-6,8-9H2. The molecule has 2 N–H and O–H groups in total. The molecular formula is C13H18ClFN2O. The van der Waals surface area contributed by atoms with Crippen LogP contribution < -0.4 is 10.2 Å². The number of aliphatic hydroxyl groups is 1. The van der Waals surface area contributed by atoms with Gasteiger partial charge in [-0.3, -0.25) is 0 Å². The van der Waals surface area contributed by atoms with Crippen molar-refractivity contribution in [2.24, 2.45) is 0 Å². The quantitative estimate of drug-likeness (QED) is 0.808. The molecule has 1 aromatic rings. The van der Waals surface area contributed by atoms with Crippen molar-refractivity contribution < 1.29 is 9.50 Å². The molecule has 1 aliphatic rings. The first-order valence-electron chi connectivity index (χ1n) is 6.23. The smallest absolute Gasteiger partial charge is 0.148 e. The van der Waals surface area contributed by atoms with Crippen molar-refractivity contribution in [2.75, 3.05) is 35.7 Å². The highest BCUT2D eigenvalue weighted by molar-refractivity contribution is 6.18. The van der Waals surface area contributed by atoms with E-state index in [0.29, 0.717) is 17.9 Å². The van der Waals surface area contributed by atoms with Gasteiger partial charge in [-0.2, -0.15) is 0 Å². The van der Waals surface area contributed by atoms with E-state index in [2.05, 4.69) is 10.2 Å². The molecule has 18 heavy (non-hydrogen) atoms. The zero-order chi connectivity index (χ0) is 13.0. The average Bonchev–Trinajstić information content (AvgIpc) is 2.89. The van der Waals surface area contributed by atoms with Gasteiger partial charge in [-0.25, -0.2) is 4.39 Å². The molecule has 1 atom stereocenters. The molecule has 1 fully saturated rings. The fourth-order valence-electron chi connectivity index (χ4n) is 2.12. The van der Waals surface area contributed by atoms with Gasteiger partial charge in [-0.15, -0.1) is 11.6 Å². The van der Waals surface area contributed by atoms with Crippen LogP contribution in [0.15, 0.2) is 18.2 Å². The monoisotopic (exact) mass is 272 g/mol. The van der Waals surface area contributed by atoms with Gasteiger partial charge in [0.15, 0.2) is 0 Å². The maximum atomic E-state index is 13.9. The van der Waals surface area contributed by atoms with Gasteiger partial charge >= 0.3 is 0 Å². The topological polar surface area (TPSA) is 35.5 Å². The second-order valence-electron chi connectivity index (χ2n) is 4.55. The molecule has 1 unspecified atom stereocenters. The third-order valence-electron chi connectivity index (χ3n) is 3.11. The summed E-state index contributed by atoms with van der Waals surface area (Å²) in [6, 6.07) is 5.09. The number of hydrogen-bond donors (Lipinski definition) is 2. The first-order chi connectivity index (χ1) is 8.70. The number of nitrogens with zero attached hydrogens (tertiary/aromatic N) is 1. The minimum atomic E-state index is -0.618. The molecule has 2 rings (SSSR count). The molecule has 5 heteroatoms. The lowest BCUT2D eigenvalue weighted by atomic mass is 10.2. The Kier molecular flexibility index (Phi) is 4.66. The minimum absolute atomic E-state index is 0.168. The highest BCUT2D eigenvalue weighted by atomic mass is 35.5. The number of aliphatic hydroxyl groups excluding tert-OH is 1. The molecule has 0 aromatic heterocycles. The van der Waals surface area contributed by atoms with E-state index in [1.165, 1.54) is 6.07 Å². The van der Waals surface area contributed by atoms with Crippen LogP contribution in [0, 0.1) is 5.82 Å². The Hall–Kier alpha value is -1.00. The van der Waals surface area contributed by atoms with Crippen molar-refractivity contribution in [3.8, 4) is 0 Å². The van der Waals surface area contributed by atoms with E-state index in [1.54, 1.807) is 6.07 Å². The SMILES string of the molecule is OC(CCl)CNc1ccc(N2CCCC2)c(F)c1. The van der Waals surface area contributed by atoms with Crippen molar-refractivity contribution >= 4 is 23.0 Å². The molecule has 0 aliphatic carbocycles. The third-order valence-corrected chi connectivity index (χ3v) is 3.47. The van der Waals surface area contributed by atoms with E-state index in [1.807, 2.05) is 6.07 Å². The van der Waals surface area contributed by atoms with E-state index in [9.17, 15) is 9.50 Å². The van der Waals surface area contributed by atoms with E-state index < -0.39 is 6.10 Å². The summed E-state index contributed by atoms with van der Waals surface area (Å²) < 4.78 is 13.9. The predicted octanol–water partition coefficient (Wildman–Crippen LogP) is 2.44. The van der Waals surface area contributed by atoms with Crippen LogP contribution >= 0.6 is 11.6 Å². The van der Waals surface area contributed by atoms with Crippen LogP contribution in [-0.2, 0) is 0 Å². The molecule has 1 heterocycles. The molecule has 0 bridgehead atoms.